The minimum Gasteiger partial charge on any atom is -0.455 e. The van der Waals surface area contributed by atoms with E-state index in [-0.39, 0.29) is 0 Å². The van der Waals surface area contributed by atoms with Gasteiger partial charge in [0, 0.05) is 16.2 Å². The second kappa shape index (κ2) is 10.8. The highest BCUT2D eigenvalue weighted by atomic mass is 16.3. The Morgan fingerprint density at radius 1 is 0.264 bits per heavy atom. The molecule has 0 saturated carbocycles. The predicted molar refractivity (Wildman–Crippen MR) is 227 cm³/mol. The van der Waals surface area contributed by atoms with Crippen LogP contribution in [-0.4, -0.2) is 0 Å². The van der Waals surface area contributed by atoms with E-state index in [4.69, 9.17) is 4.42 Å². The lowest BCUT2D eigenvalue weighted by molar-refractivity contribution is 0.673. The first kappa shape index (κ1) is 28.7. The lowest BCUT2D eigenvalue weighted by Gasteiger charge is -2.17. The van der Waals surface area contributed by atoms with E-state index in [1.807, 2.05) is 0 Å². The molecule has 244 valence electrons. The van der Waals surface area contributed by atoms with Crippen molar-refractivity contribution in [3.05, 3.63) is 182 Å². The Hall–Kier alpha value is -6.96. The summed E-state index contributed by atoms with van der Waals surface area (Å²) < 4.78 is 6.59. The summed E-state index contributed by atoms with van der Waals surface area (Å²) in [6.45, 7) is 0. The van der Waals surface area contributed by atoms with E-state index in [1.165, 1.54) is 86.7 Å². The van der Waals surface area contributed by atoms with Crippen molar-refractivity contribution in [2.45, 2.75) is 0 Å². The Bertz CT molecular complexity index is 3510. The van der Waals surface area contributed by atoms with Crippen molar-refractivity contribution in [2.24, 2.45) is 0 Å². The van der Waals surface area contributed by atoms with Crippen LogP contribution >= 0.6 is 0 Å². The molecule has 12 aromatic rings. The molecule has 0 unspecified atom stereocenters. The van der Waals surface area contributed by atoms with Gasteiger partial charge < -0.3 is 4.42 Å². The van der Waals surface area contributed by atoms with Gasteiger partial charge in [0.05, 0.1) is 0 Å². The molecule has 1 heterocycles. The third-order valence-electron chi connectivity index (χ3n) is 11.6. The van der Waals surface area contributed by atoms with E-state index in [2.05, 4.69) is 182 Å². The van der Waals surface area contributed by atoms with Crippen molar-refractivity contribution in [3.8, 4) is 22.3 Å². The smallest absolute Gasteiger partial charge is 0.143 e. The third-order valence-corrected chi connectivity index (χ3v) is 11.6. The van der Waals surface area contributed by atoms with Crippen LogP contribution in [0.2, 0.25) is 0 Å². The molecular formula is C52H30O. The van der Waals surface area contributed by atoms with Crippen molar-refractivity contribution in [3.63, 3.8) is 0 Å². The SMILES string of the molecule is c1ccc2c(c1)ccc1c3ccc(-c4cccc5c(-c6ccc7c(c6)c6ccccc6c6c8ccccc8c8ccccc8c76)cccc45)cc3oc21. The summed E-state index contributed by atoms with van der Waals surface area (Å²) in [6.07, 6.45) is 0. The monoisotopic (exact) mass is 670 g/mol. The summed E-state index contributed by atoms with van der Waals surface area (Å²) in [5, 5.41) is 20.1. The lowest BCUT2D eigenvalue weighted by atomic mass is 9.86. The molecule has 0 saturated heterocycles. The van der Waals surface area contributed by atoms with Crippen LogP contribution in [0.25, 0.3) is 120 Å². The molecule has 0 atom stereocenters. The molecule has 0 spiro atoms. The van der Waals surface area contributed by atoms with Gasteiger partial charge in [0.15, 0.2) is 0 Å². The van der Waals surface area contributed by atoms with Crippen LogP contribution in [0.5, 0.6) is 0 Å². The molecule has 1 heteroatoms. The quantitative estimate of drug-likeness (QED) is 0.167. The van der Waals surface area contributed by atoms with Crippen LogP contribution in [-0.2, 0) is 0 Å². The second-order valence-electron chi connectivity index (χ2n) is 14.3. The van der Waals surface area contributed by atoms with Crippen LogP contribution in [0, 0.1) is 0 Å². The highest BCUT2D eigenvalue weighted by Gasteiger charge is 2.18. The van der Waals surface area contributed by atoms with Gasteiger partial charge in [-0.3, -0.25) is 0 Å². The largest absolute Gasteiger partial charge is 0.455 e. The molecule has 0 aliphatic rings. The maximum Gasteiger partial charge on any atom is 0.143 e. The number of benzene rings is 11. The summed E-state index contributed by atoms with van der Waals surface area (Å²) in [5.74, 6) is 0. The molecule has 0 fully saturated rings. The summed E-state index contributed by atoms with van der Waals surface area (Å²) in [4.78, 5) is 0. The van der Waals surface area contributed by atoms with E-state index in [1.54, 1.807) is 0 Å². The molecule has 11 aromatic carbocycles. The van der Waals surface area contributed by atoms with Crippen LogP contribution in [0.15, 0.2) is 186 Å². The fourth-order valence-electron chi connectivity index (χ4n) is 9.27. The number of fused-ring (bicyclic) bond motifs is 17. The van der Waals surface area contributed by atoms with Crippen LogP contribution < -0.4 is 0 Å². The van der Waals surface area contributed by atoms with E-state index in [0.29, 0.717) is 0 Å². The van der Waals surface area contributed by atoms with Gasteiger partial charge in [-0.05, 0) is 117 Å². The molecule has 0 amide bonds. The molecule has 1 aromatic heterocycles. The summed E-state index contributed by atoms with van der Waals surface area (Å²) >= 11 is 0. The highest BCUT2D eigenvalue weighted by Crippen LogP contribution is 2.45. The van der Waals surface area contributed by atoms with E-state index in [9.17, 15) is 0 Å². The van der Waals surface area contributed by atoms with Crippen molar-refractivity contribution in [1.82, 2.24) is 0 Å². The van der Waals surface area contributed by atoms with Crippen molar-refractivity contribution < 1.29 is 4.42 Å². The zero-order valence-corrected chi connectivity index (χ0v) is 28.7. The summed E-state index contributed by atoms with van der Waals surface area (Å²) in [5.41, 5.74) is 6.67. The van der Waals surface area contributed by atoms with E-state index >= 15 is 0 Å². The Kier molecular flexibility index (Phi) is 5.84. The van der Waals surface area contributed by atoms with Crippen molar-refractivity contribution in [1.29, 1.82) is 0 Å². The summed E-state index contributed by atoms with van der Waals surface area (Å²) in [6, 6.07) is 66.8. The first-order chi connectivity index (χ1) is 26.3. The topological polar surface area (TPSA) is 13.1 Å². The first-order valence-corrected chi connectivity index (χ1v) is 18.3. The zero-order valence-electron chi connectivity index (χ0n) is 28.7. The van der Waals surface area contributed by atoms with Crippen molar-refractivity contribution >= 4 is 97.3 Å². The van der Waals surface area contributed by atoms with Gasteiger partial charge in [0.1, 0.15) is 11.2 Å². The van der Waals surface area contributed by atoms with Gasteiger partial charge in [-0.1, -0.05) is 158 Å². The maximum atomic E-state index is 6.59. The van der Waals surface area contributed by atoms with Crippen LogP contribution in [0.4, 0.5) is 0 Å². The minimum absolute atomic E-state index is 0.913. The standard InChI is InChI=1S/C52H30O/c1-2-12-36-31(11-1)23-28-47-42-26-24-33(30-49(42)53-52(36)47)35-20-10-21-37-34(19-9-22-38(35)37)32-25-27-46-48(29-32)41-15-5-8-18-45(41)50-43-16-6-3-13-39(43)40-14-4-7-17-44(40)51(46)50/h1-30H. The second-order valence-corrected chi connectivity index (χ2v) is 14.3. The van der Waals surface area contributed by atoms with Crippen molar-refractivity contribution in [2.75, 3.05) is 0 Å². The fraction of sp³-hybridized carbons (Fsp3) is 0. The van der Waals surface area contributed by atoms with Gasteiger partial charge in [-0.2, -0.15) is 0 Å². The molecule has 53 heavy (non-hydrogen) atoms. The Labute approximate surface area is 304 Å². The maximum absolute atomic E-state index is 6.59. The minimum atomic E-state index is 0.913. The summed E-state index contributed by atoms with van der Waals surface area (Å²) in [7, 11) is 0. The fourth-order valence-corrected chi connectivity index (χ4v) is 9.27. The number of hydrogen-bond donors (Lipinski definition) is 0. The van der Waals surface area contributed by atoms with E-state index in [0.717, 1.165) is 32.9 Å². The average molecular weight is 671 g/mol. The normalized spacial score (nSPS) is 12.2. The molecule has 0 radical (unpaired) electrons. The van der Waals surface area contributed by atoms with E-state index < -0.39 is 0 Å². The van der Waals surface area contributed by atoms with Gasteiger partial charge in [0.25, 0.3) is 0 Å². The van der Waals surface area contributed by atoms with Gasteiger partial charge in [-0.15, -0.1) is 0 Å². The Balaban J connectivity index is 1.08. The lowest BCUT2D eigenvalue weighted by Crippen LogP contribution is -1.89. The first-order valence-electron chi connectivity index (χ1n) is 18.3. The number of hydrogen-bond acceptors (Lipinski definition) is 1. The molecule has 12 rings (SSSR count). The molecule has 0 aliphatic heterocycles. The zero-order chi connectivity index (χ0) is 34.6. The third kappa shape index (κ3) is 4.02. The number of furan rings is 1. The van der Waals surface area contributed by atoms with Gasteiger partial charge >= 0.3 is 0 Å². The molecule has 0 bridgehead atoms. The molecule has 1 nitrogen and oxygen atoms in total. The average Bonchev–Trinajstić information content (AvgIpc) is 3.61. The molecule has 0 aliphatic carbocycles. The highest BCUT2D eigenvalue weighted by molar-refractivity contribution is 6.39. The van der Waals surface area contributed by atoms with Gasteiger partial charge in [0.2, 0.25) is 0 Å². The van der Waals surface area contributed by atoms with Gasteiger partial charge in [-0.25, -0.2) is 0 Å². The predicted octanol–water partition coefficient (Wildman–Crippen LogP) is 15.0. The van der Waals surface area contributed by atoms with Crippen LogP contribution in [0.1, 0.15) is 0 Å². The molecule has 0 N–H and O–H groups in total. The Morgan fingerprint density at radius 3 is 1.34 bits per heavy atom. The Morgan fingerprint density at radius 2 is 0.717 bits per heavy atom. The molecular weight excluding hydrogens is 641 g/mol. The van der Waals surface area contributed by atoms with Crippen LogP contribution in [0.3, 0.4) is 0 Å². The number of rotatable bonds is 2.